The average Bonchev–Trinajstić information content (AvgIpc) is 3.50. The van der Waals surface area contributed by atoms with E-state index in [1.165, 1.54) is 0 Å². The van der Waals surface area contributed by atoms with Gasteiger partial charge in [0.2, 0.25) is 5.88 Å². The van der Waals surface area contributed by atoms with Gasteiger partial charge in [-0.2, -0.15) is 0 Å². The van der Waals surface area contributed by atoms with Crippen LogP contribution < -0.4 is 4.74 Å². The topological polar surface area (TPSA) is 90.0 Å². The summed E-state index contributed by atoms with van der Waals surface area (Å²) in [6.45, 7) is 0.320. The Morgan fingerprint density at radius 1 is 1.18 bits per heavy atom. The maximum Gasteiger partial charge on any atom is 0.237 e. The third kappa shape index (κ3) is 2.90. The Bertz CT molecular complexity index is 1180. The predicted octanol–water partition coefficient (Wildman–Crippen LogP) is 4.04. The molecule has 1 aliphatic carbocycles. The van der Waals surface area contributed by atoms with Crippen molar-refractivity contribution in [2.24, 2.45) is 5.92 Å². The van der Waals surface area contributed by atoms with Crippen LogP contribution in [0.15, 0.2) is 43.0 Å². The summed E-state index contributed by atoms with van der Waals surface area (Å²) in [6.07, 6.45) is 8.35. The third-order valence-electron chi connectivity index (χ3n) is 4.94. The molecule has 0 bridgehead atoms. The highest BCUT2D eigenvalue weighted by atomic mass is 16.5. The van der Waals surface area contributed by atoms with Gasteiger partial charge in [0.05, 0.1) is 24.5 Å². The Hall–Kier alpha value is -3.32. The molecule has 0 saturated heterocycles. The van der Waals surface area contributed by atoms with Crippen molar-refractivity contribution in [1.29, 1.82) is 0 Å². The molecule has 1 aliphatic rings. The lowest BCUT2D eigenvalue weighted by molar-refractivity contribution is 0.0958. The van der Waals surface area contributed by atoms with Crippen LogP contribution in [0.5, 0.6) is 11.6 Å². The molecule has 3 heterocycles. The Labute approximate surface area is 160 Å². The van der Waals surface area contributed by atoms with Crippen LogP contribution in [0.3, 0.4) is 0 Å². The van der Waals surface area contributed by atoms with E-state index in [1.54, 1.807) is 31.9 Å². The van der Waals surface area contributed by atoms with E-state index in [9.17, 15) is 4.79 Å². The van der Waals surface area contributed by atoms with Crippen LogP contribution in [0.2, 0.25) is 0 Å². The molecule has 0 spiro atoms. The van der Waals surface area contributed by atoms with Gasteiger partial charge in [0.15, 0.2) is 5.78 Å². The lowest BCUT2D eigenvalue weighted by atomic mass is 10.0. The number of pyridine rings is 1. The number of nitrogens with one attached hydrogen (secondary N) is 1. The van der Waals surface area contributed by atoms with Crippen LogP contribution in [-0.2, 0) is 11.3 Å². The monoisotopic (exact) mass is 374 g/mol. The minimum absolute atomic E-state index is 0.0984. The molecular formula is C21H18N4O3. The highest BCUT2D eigenvalue weighted by Gasteiger charge is 2.33. The van der Waals surface area contributed by atoms with Gasteiger partial charge in [-0.3, -0.25) is 14.8 Å². The first kappa shape index (κ1) is 16.8. The van der Waals surface area contributed by atoms with Gasteiger partial charge in [-0.15, -0.1) is 0 Å². The highest BCUT2D eigenvalue weighted by Crippen LogP contribution is 2.37. The molecule has 140 valence electrons. The first-order valence-electron chi connectivity index (χ1n) is 9.15. The number of methoxy groups -OCH3 is 1. The first-order valence-corrected chi connectivity index (χ1v) is 9.15. The van der Waals surface area contributed by atoms with Gasteiger partial charge < -0.3 is 14.5 Å². The number of aromatic amines is 1. The molecule has 0 amide bonds. The van der Waals surface area contributed by atoms with Crippen molar-refractivity contribution in [2.75, 3.05) is 7.11 Å². The fourth-order valence-electron chi connectivity index (χ4n) is 3.50. The van der Waals surface area contributed by atoms with Crippen molar-refractivity contribution in [3.8, 4) is 11.6 Å². The number of hydrogen-bond acceptors (Lipinski definition) is 6. The maximum absolute atomic E-state index is 12.7. The van der Waals surface area contributed by atoms with Crippen molar-refractivity contribution in [2.45, 2.75) is 19.4 Å². The molecule has 5 rings (SSSR count). The number of Topliss-reactive ketones (excluding diaryl/α,β-unsaturated/α-hetero) is 1. The van der Waals surface area contributed by atoms with E-state index in [0.717, 1.165) is 40.2 Å². The molecule has 28 heavy (non-hydrogen) atoms. The summed E-state index contributed by atoms with van der Waals surface area (Å²) in [7, 11) is 1.63. The molecular weight excluding hydrogens is 356 g/mol. The molecule has 1 saturated carbocycles. The number of rotatable bonds is 6. The lowest BCUT2D eigenvalue weighted by Gasteiger charge is -2.09. The van der Waals surface area contributed by atoms with Gasteiger partial charge in [0, 0.05) is 47.3 Å². The van der Waals surface area contributed by atoms with Crippen molar-refractivity contribution >= 4 is 27.6 Å². The molecule has 0 radical (unpaired) electrons. The van der Waals surface area contributed by atoms with E-state index < -0.39 is 0 Å². The maximum atomic E-state index is 12.7. The van der Waals surface area contributed by atoms with Crippen LogP contribution in [0, 0.1) is 5.92 Å². The summed E-state index contributed by atoms with van der Waals surface area (Å²) in [5.41, 5.74) is 3.14. The van der Waals surface area contributed by atoms with Crippen molar-refractivity contribution in [3.05, 3.63) is 54.2 Å². The van der Waals surface area contributed by atoms with Crippen molar-refractivity contribution in [3.63, 3.8) is 0 Å². The molecule has 1 aromatic carbocycles. The van der Waals surface area contributed by atoms with Gasteiger partial charge in [-0.25, -0.2) is 4.98 Å². The van der Waals surface area contributed by atoms with Crippen molar-refractivity contribution < 1.29 is 14.3 Å². The summed E-state index contributed by atoms with van der Waals surface area (Å²) in [4.78, 5) is 28.7. The number of hydrogen-bond donors (Lipinski definition) is 1. The second-order valence-corrected chi connectivity index (χ2v) is 6.92. The van der Waals surface area contributed by atoms with Gasteiger partial charge in [0.25, 0.3) is 0 Å². The molecule has 7 heteroatoms. The molecule has 1 N–H and O–H groups in total. The summed E-state index contributed by atoms with van der Waals surface area (Å²) in [5.74, 6) is 1.27. The normalized spacial score (nSPS) is 13.9. The van der Waals surface area contributed by atoms with Crippen molar-refractivity contribution in [1.82, 2.24) is 19.9 Å². The number of fused-ring (bicyclic) bond motifs is 3. The number of aromatic nitrogens is 4. The number of carbonyl (C=O) groups is 1. The standard InChI is InChI=1S/C21H18N4O3/c1-27-11-15-19-14-8-13(28-18-10-22-6-7-23-18)4-5-16(14)25-17(19)9-24-20(15)21(26)12-2-3-12/h4-10,12,25H,2-3,11H2,1H3. The summed E-state index contributed by atoms with van der Waals surface area (Å²) in [5, 5.41) is 1.90. The quantitative estimate of drug-likeness (QED) is 0.512. The van der Waals surface area contributed by atoms with Gasteiger partial charge >= 0.3 is 0 Å². The minimum Gasteiger partial charge on any atom is -0.437 e. The molecule has 0 unspecified atom stereocenters. The van der Waals surface area contributed by atoms with E-state index in [2.05, 4.69) is 19.9 Å². The SMILES string of the molecule is COCc1c(C(=O)C2CC2)ncc2[nH]c3ccc(Oc4cnccn4)cc3c12. The highest BCUT2D eigenvalue weighted by molar-refractivity contribution is 6.12. The molecule has 4 aromatic rings. The Morgan fingerprint density at radius 2 is 2.07 bits per heavy atom. The average molecular weight is 374 g/mol. The zero-order valence-corrected chi connectivity index (χ0v) is 15.3. The lowest BCUT2D eigenvalue weighted by Crippen LogP contribution is -2.09. The third-order valence-corrected chi connectivity index (χ3v) is 4.94. The van der Waals surface area contributed by atoms with Crippen LogP contribution in [0.4, 0.5) is 0 Å². The number of ether oxygens (including phenoxy) is 2. The second-order valence-electron chi connectivity index (χ2n) is 6.92. The van der Waals surface area contributed by atoms with E-state index >= 15 is 0 Å². The van der Waals surface area contributed by atoms with E-state index in [1.807, 2.05) is 18.2 Å². The van der Waals surface area contributed by atoms with E-state index in [4.69, 9.17) is 9.47 Å². The largest absolute Gasteiger partial charge is 0.437 e. The smallest absolute Gasteiger partial charge is 0.237 e. The zero-order valence-electron chi connectivity index (χ0n) is 15.3. The van der Waals surface area contributed by atoms with Gasteiger partial charge in [-0.05, 0) is 31.0 Å². The van der Waals surface area contributed by atoms with Gasteiger partial charge in [-0.1, -0.05) is 0 Å². The van der Waals surface area contributed by atoms with Crippen LogP contribution in [0.25, 0.3) is 21.8 Å². The molecule has 0 aliphatic heterocycles. The molecule has 0 atom stereocenters. The Balaban J connectivity index is 1.67. The number of nitrogens with zero attached hydrogens (tertiary/aromatic N) is 3. The number of benzene rings is 1. The molecule has 1 fully saturated rings. The minimum atomic E-state index is 0.0984. The first-order chi connectivity index (χ1) is 13.7. The summed E-state index contributed by atoms with van der Waals surface area (Å²) < 4.78 is 11.2. The molecule has 3 aromatic heterocycles. The Morgan fingerprint density at radius 3 is 2.82 bits per heavy atom. The predicted molar refractivity (Wildman–Crippen MR) is 103 cm³/mol. The fourth-order valence-corrected chi connectivity index (χ4v) is 3.50. The number of carbonyl (C=O) groups excluding carboxylic acids is 1. The van der Waals surface area contributed by atoms with Crippen LogP contribution in [0.1, 0.15) is 28.9 Å². The summed E-state index contributed by atoms with van der Waals surface area (Å²) >= 11 is 0. The van der Waals surface area contributed by atoms with E-state index in [0.29, 0.717) is 23.9 Å². The Kier molecular flexibility index (Phi) is 4.02. The molecule has 7 nitrogen and oxygen atoms in total. The fraction of sp³-hybridized carbons (Fsp3) is 0.238. The second kappa shape index (κ2) is 6.69. The zero-order chi connectivity index (χ0) is 19.1. The van der Waals surface area contributed by atoms with Gasteiger partial charge in [0.1, 0.15) is 11.4 Å². The van der Waals surface area contributed by atoms with Crippen LogP contribution >= 0.6 is 0 Å². The van der Waals surface area contributed by atoms with Crippen LogP contribution in [-0.4, -0.2) is 32.8 Å². The number of H-pyrrole nitrogens is 1. The number of ketones is 1. The van der Waals surface area contributed by atoms with E-state index in [-0.39, 0.29) is 11.7 Å². The summed E-state index contributed by atoms with van der Waals surface area (Å²) in [6, 6.07) is 5.75.